The Morgan fingerprint density at radius 2 is 1.97 bits per heavy atom. The first-order chi connectivity index (χ1) is 17.1. The summed E-state index contributed by atoms with van der Waals surface area (Å²) in [6.45, 7) is 7.96. The van der Waals surface area contributed by atoms with Crippen molar-refractivity contribution in [1.29, 1.82) is 0 Å². The third-order valence-electron chi connectivity index (χ3n) is 5.01. The number of rotatable bonds is 10. The number of nitrogens with one attached hydrogen (secondary N) is 2. The molecule has 0 saturated heterocycles. The van der Waals surface area contributed by atoms with Crippen LogP contribution in [0.2, 0.25) is 5.02 Å². The number of hydrogen-bond acceptors (Lipinski definition) is 5. The van der Waals surface area contributed by atoms with Gasteiger partial charge in [0.15, 0.2) is 16.8 Å². The summed E-state index contributed by atoms with van der Waals surface area (Å²) in [6, 6.07) is 7.96. The molecule has 0 fully saturated rings. The molecular formula is C24H23BrClF2N5O2S. The predicted octanol–water partition coefficient (Wildman–Crippen LogP) is 6.02. The number of carbonyl (C=O) groups is 2. The number of benzene rings is 2. The zero-order valence-electron chi connectivity index (χ0n) is 19.4. The van der Waals surface area contributed by atoms with Gasteiger partial charge in [0.2, 0.25) is 5.91 Å². The van der Waals surface area contributed by atoms with Gasteiger partial charge in [0.1, 0.15) is 5.82 Å². The Hall–Kier alpha value is -2.76. The van der Waals surface area contributed by atoms with E-state index in [9.17, 15) is 18.4 Å². The Labute approximate surface area is 224 Å². The first-order valence-corrected chi connectivity index (χ1v) is 12.9. The van der Waals surface area contributed by atoms with Crippen molar-refractivity contribution in [3.8, 4) is 0 Å². The van der Waals surface area contributed by atoms with Gasteiger partial charge < -0.3 is 15.2 Å². The number of carbonyl (C=O) groups excluding carboxylic acids is 2. The number of anilines is 1. The van der Waals surface area contributed by atoms with Crippen molar-refractivity contribution < 1.29 is 18.4 Å². The second-order valence-corrected chi connectivity index (χ2v) is 10.2. The van der Waals surface area contributed by atoms with Crippen molar-refractivity contribution in [2.24, 2.45) is 5.92 Å². The van der Waals surface area contributed by atoms with Crippen LogP contribution in [0.1, 0.15) is 36.1 Å². The molecule has 3 rings (SSSR count). The van der Waals surface area contributed by atoms with Crippen LogP contribution >= 0.6 is 39.3 Å². The molecule has 0 aliphatic heterocycles. The van der Waals surface area contributed by atoms with E-state index in [4.69, 9.17) is 11.6 Å². The third-order valence-corrected chi connectivity index (χ3v) is 6.93. The molecule has 1 atom stereocenters. The van der Waals surface area contributed by atoms with Gasteiger partial charge in [-0.25, -0.2) is 8.78 Å². The Kier molecular flexibility index (Phi) is 9.63. The van der Waals surface area contributed by atoms with Crippen molar-refractivity contribution in [1.82, 2.24) is 20.1 Å². The molecule has 2 N–H and O–H groups in total. The van der Waals surface area contributed by atoms with Gasteiger partial charge in [-0.05, 0) is 40.0 Å². The average molecular weight is 599 g/mol. The largest absolute Gasteiger partial charge is 0.342 e. The molecule has 0 saturated carbocycles. The smallest absolute Gasteiger partial charge is 0.253 e. The van der Waals surface area contributed by atoms with Crippen LogP contribution in [0, 0.1) is 17.6 Å². The highest BCUT2D eigenvalue weighted by Gasteiger charge is 2.27. The maximum atomic E-state index is 14.0. The molecule has 2 aromatic carbocycles. The second kappa shape index (κ2) is 12.5. The van der Waals surface area contributed by atoms with Crippen LogP contribution in [0.3, 0.4) is 0 Å². The van der Waals surface area contributed by atoms with E-state index in [2.05, 4.69) is 43.3 Å². The Balaban J connectivity index is 1.78. The average Bonchev–Trinajstić information content (AvgIpc) is 3.20. The lowest BCUT2D eigenvalue weighted by Crippen LogP contribution is -2.34. The van der Waals surface area contributed by atoms with Crippen LogP contribution in [0.25, 0.3) is 0 Å². The lowest BCUT2D eigenvalue weighted by molar-refractivity contribution is -0.113. The number of thioether (sulfide) groups is 1. The molecule has 0 unspecified atom stereocenters. The van der Waals surface area contributed by atoms with Gasteiger partial charge in [0.05, 0.1) is 28.1 Å². The summed E-state index contributed by atoms with van der Waals surface area (Å²) in [4.78, 5) is 25.4. The zero-order chi connectivity index (χ0) is 26.4. The summed E-state index contributed by atoms with van der Waals surface area (Å²) in [7, 11) is 0. The summed E-state index contributed by atoms with van der Waals surface area (Å²) in [5.74, 6) is -2.22. The number of halogens is 4. The Morgan fingerprint density at radius 3 is 2.61 bits per heavy atom. The summed E-state index contributed by atoms with van der Waals surface area (Å²) in [6.07, 6.45) is 1.65. The third kappa shape index (κ3) is 6.71. The fourth-order valence-electron chi connectivity index (χ4n) is 3.30. The Morgan fingerprint density at radius 1 is 1.25 bits per heavy atom. The van der Waals surface area contributed by atoms with Gasteiger partial charge >= 0.3 is 0 Å². The van der Waals surface area contributed by atoms with E-state index in [-0.39, 0.29) is 27.7 Å². The van der Waals surface area contributed by atoms with E-state index in [1.54, 1.807) is 34.9 Å². The van der Waals surface area contributed by atoms with Crippen molar-refractivity contribution >= 4 is 56.8 Å². The molecule has 12 heteroatoms. The van der Waals surface area contributed by atoms with Crippen molar-refractivity contribution in [3.63, 3.8) is 0 Å². The van der Waals surface area contributed by atoms with E-state index < -0.39 is 23.6 Å². The maximum Gasteiger partial charge on any atom is 0.253 e. The minimum absolute atomic E-state index is 0.0517. The molecule has 2 amide bonds. The van der Waals surface area contributed by atoms with Crippen molar-refractivity contribution in [2.75, 3.05) is 11.1 Å². The SMILES string of the molecule is C=CCn1c(SCC(=O)Nc2c(F)cc(F)cc2Br)nnc1[C@H](NC(=O)c1ccccc1Cl)C(C)C. The summed E-state index contributed by atoms with van der Waals surface area (Å²) in [5.41, 5.74) is 0.183. The minimum Gasteiger partial charge on any atom is -0.342 e. The van der Waals surface area contributed by atoms with Crippen LogP contribution < -0.4 is 10.6 Å². The van der Waals surface area contributed by atoms with E-state index in [1.165, 1.54) is 0 Å². The molecule has 190 valence electrons. The molecule has 36 heavy (non-hydrogen) atoms. The van der Waals surface area contributed by atoms with Gasteiger partial charge in [-0.3, -0.25) is 9.59 Å². The zero-order valence-corrected chi connectivity index (χ0v) is 22.6. The number of amides is 2. The van der Waals surface area contributed by atoms with E-state index >= 15 is 0 Å². The van der Waals surface area contributed by atoms with Gasteiger partial charge in [-0.1, -0.05) is 55.4 Å². The lowest BCUT2D eigenvalue weighted by Gasteiger charge is -2.23. The maximum absolute atomic E-state index is 14.0. The molecule has 1 heterocycles. The van der Waals surface area contributed by atoms with Crippen LogP contribution in [0.15, 0.2) is 58.7 Å². The van der Waals surface area contributed by atoms with Crippen molar-refractivity contribution in [3.05, 3.63) is 81.6 Å². The van der Waals surface area contributed by atoms with E-state index in [0.717, 1.165) is 17.8 Å². The molecule has 0 spiro atoms. The van der Waals surface area contributed by atoms with Gasteiger partial charge in [-0.15, -0.1) is 16.8 Å². The number of nitrogens with zero attached hydrogens (tertiary/aromatic N) is 3. The fourth-order valence-corrected chi connectivity index (χ4v) is 4.78. The summed E-state index contributed by atoms with van der Waals surface area (Å²) in [5, 5.41) is 14.6. The monoisotopic (exact) mass is 597 g/mol. The quantitative estimate of drug-likeness (QED) is 0.220. The van der Waals surface area contributed by atoms with Crippen LogP contribution in [0.5, 0.6) is 0 Å². The highest BCUT2D eigenvalue weighted by molar-refractivity contribution is 9.10. The number of allylic oxidation sites excluding steroid dienone is 1. The molecule has 0 radical (unpaired) electrons. The first kappa shape index (κ1) is 27.8. The van der Waals surface area contributed by atoms with Crippen LogP contribution in [-0.2, 0) is 11.3 Å². The molecule has 0 bridgehead atoms. The first-order valence-electron chi connectivity index (χ1n) is 10.8. The minimum atomic E-state index is -0.897. The van der Waals surface area contributed by atoms with E-state index in [0.29, 0.717) is 34.2 Å². The predicted molar refractivity (Wildman–Crippen MR) is 140 cm³/mol. The summed E-state index contributed by atoms with van der Waals surface area (Å²) < 4.78 is 29.2. The summed E-state index contributed by atoms with van der Waals surface area (Å²) >= 11 is 10.3. The van der Waals surface area contributed by atoms with Gasteiger partial charge in [0, 0.05) is 17.1 Å². The second-order valence-electron chi connectivity index (χ2n) is 8.00. The van der Waals surface area contributed by atoms with Crippen LogP contribution in [-0.4, -0.2) is 32.3 Å². The topological polar surface area (TPSA) is 88.9 Å². The standard InChI is InChI=1S/C24H23BrClF2N5O2S/c1-4-9-33-22(20(13(2)3)30-23(35)15-7-5-6-8-17(15)26)31-32-24(33)36-12-19(34)29-21-16(25)10-14(27)11-18(21)28/h4-8,10-11,13,20H,1,9,12H2,2-3H3,(H,29,34)(H,30,35)/t20-/m1/s1. The highest BCUT2D eigenvalue weighted by atomic mass is 79.9. The molecule has 0 aliphatic carbocycles. The molecule has 7 nitrogen and oxygen atoms in total. The van der Waals surface area contributed by atoms with Gasteiger partial charge in [0.25, 0.3) is 5.91 Å². The number of aromatic nitrogens is 3. The molecule has 3 aromatic rings. The molecule has 0 aliphatic rings. The fraction of sp³-hybridized carbons (Fsp3) is 0.250. The van der Waals surface area contributed by atoms with Crippen LogP contribution in [0.4, 0.5) is 14.5 Å². The number of hydrogen-bond donors (Lipinski definition) is 2. The van der Waals surface area contributed by atoms with Gasteiger partial charge in [-0.2, -0.15) is 0 Å². The Bertz CT molecular complexity index is 1260. The molecular weight excluding hydrogens is 576 g/mol. The molecule has 1 aromatic heterocycles. The van der Waals surface area contributed by atoms with Crippen molar-refractivity contribution in [2.45, 2.75) is 31.6 Å². The highest BCUT2D eigenvalue weighted by Crippen LogP contribution is 2.29. The lowest BCUT2D eigenvalue weighted by atomic mass is 10.0. The van der Waals surface area contributed by atoms with E-state index in [1.807, 2.05) is 13.8 Å². The normalized spacial score (nSPS) is 11.9.